The monoisotopic (exact) mass is 468 g/mol. The summed E-state index contributed by atoms with van der Waals surface area (Å²) in [6.45, 7) is 0.611. The van der Waals surface area contributed by atoms with E-state index in [1.807, 2.05) is 0 Å². The molecule has 1 aromatic heterocycles. The van der Waals surface area contributed by atoms with Gasteiger partial charge >= 0.3 is 0 Å². The Balaban J connectivity index is 1.33. The number of hydrazone groups is 1. The summed E-state index contributed by atoms with van der Waals surface area (Å²) in [5.74, 6) is -1.21. The molecule has 8 nitrogen and oxygen atoms in total. The van der Waals surface area contributed by atoms with E-state index >= 15 is 0 Å². The SMILES string of the molecule is CN(C)C(=O)c1cc(N2CCC(C(=O)N3N=CCC3c3cc(F)cc(F)c3)CC23CC3)ncn1. The van der Waals surface area contributed by atoms with Crippen LogP contribution in [0.15, 0.2) is 35.7 Å². The zero-order chi connectivity index (χ0) is 24.0. The first-order valence-corrected chi connectivity index (χ1v) is 11.4. The van der Waals surface area contributed by atoms with Gasteiger partial charge in [-0.15, -0.1) is 0 Å². The highest BCUT2D eigenvalue weighted by atomic mass is 19.1. The van der Waals surface area contributed by atoms with Crippen LogP contribution in [0, 0.1) is 17.6 Å². The molecule has 0 bridgehead atoms. The van der Waals surface area contributed by atoms with Crippen molar-refractivity contribution in [1.82, 2.24) is 19.9 Å². The summed E-state index contributed by atoms with van der Waals surface area (Å²) in [7, 11) is 3.35. The lowest BCUT2D eigenvalue weighted by Gasteiger charge is -2.41. The molecular formula is C24H26F2N6O2. The predicted molar refractivity (Wildman–Crippen MR) is 121 cm³/mol. The lowest BCUT2D eigenvalue weighted by Crippen LogP contribution is -2.49. The zero-order valence-corrected chi connectivity index (χ0v) is 19.1. The molecule has 2 unspecified atom stereocenters. The highest BCUT2D eigenvalue weighted by Gasteiger charge is 2.54. The van der Waals surface area contributed by atoms with E-state index in [1.54, 1.807) is 26.4 Å². The van der Waals surface area contributed by atoms with Crippen LogP contribution in [0.25, 0.3) is 0 Å². The van der Waals surface area contributed by atoms with Crippen molar-refractivity contribution in [3.8, 4) is 0 Å². The van der Waals surface area contributed by atoms with Gasteiger partial charge in [0, 0.05) is 56.9 Å². The summed E-state index contributed by atoms with van der Waals surface area (Å²) in [5, 5.41) is 5.65. The molecule has 1 saturated carbocycles. The van der Waals surface area contributed by atoms with E-state index < -0.39 is 17.7 Å². The summed E-state index contributed by atoms with van der Waals surface area (Å²) in [6.07, 6.45) is 6.54. The molecule has 1 aromatic carbocycles. The Morgan fingerprint density at radius 3 is 2.50 bits per heavy atom. The van der Waals surface area contributed by atoms with Crippen molar-refractivity contribution >= 4 is 23.8 Å². The van der Waals surface area contributed by atoms with E-state index in [0.717, 1.165) is 18.9 Å². The number of hydrogen-bond donors (Lipinski definition) is 0. The summed E-state index contributed by atoms with van der Waals surface area (Å²) < 4.78 is 27.6. The van der Waals surface area contributed by atoms with Crippen molar-refractivity contribution in [2.45, 2.75) is 43.7 Å². The lowest BCUT2D eigenvalue weighted by molar-refractivity contribution is -0.138. The van der Waals surface area contributed by atoms with E-state index in [0.29, 0.717) is 42.9 Å². The second-order valence-electron chi connectivity index (χ2n) is 9.46. The van der Waals surface area contributed by atoms with Gasteiger partial charge in [0.2, 0.25) is 5.91 Å². The normalized spacial score (nSPS) is 22.8. The molecule has 0 radical (unpaired) electrons. The molecule has 3 heterocycles. The van der Waals surface area contributed by atoms with Gasteiger partial charge in [-0.05, 0) is 43.4 Å². The molecule has 34 heavy (non-hydrogen) atoms. The van der Waals surface area contributed by atoms with E-state index in [1.165, 1.54) is 28.4 Å². The Bertz CT molecular complexity index is 1150. The van der Waals surface area contributed by atoms with Crippen molar-refractivity contribution in [3.63, 3.8) is 0 Å². The maximum absolute atomic E-state index is 13.8. The molecule has 0 N–H and O–H groups in total. The number of benzene rings is 1. The summed E-state index contributed by atoms with van der Waals surface area (Å²) in [5.41, 5.74) is 0.552. The van der Waals surface area contributed by atoms with Crippen molar-refractivity contribution in [3.05, 3.63) is 53.5 Å². The van der Waals surface area contributed by atoms with Gasteiger partial charge in [-0.1, -0.05) is 0 Å². The molecule has 10 heteroatoms. The number of nitrogens with zero attached hydrogens (tertiary/aromatic N) is 6. The highest BCUT2D eigenvalue weighted by Crippen LogP contribution is 2.52. The van der Waals surface area contributed by atoms with Crippen LogP contribution in [0.1, 0.15) is 54.2 Å². The molecule has 2 aromatic rings. The number of anilines is 1. The van der Waals surface area contributed by atoms with Gasteiger partial charge in [-0.2, -0.15) is 5.10 Å². The third-order valence-electron chi connectivity index (χ3n) is 6.96. The first-order valence-electron chi connectivity index (χ1n) is 11.4. The fourth-order valence-electron chi connectivity index (χ4n) is 5.08. The fraction of sp³-hybridized carbons (Fsp3) is 0.458. The van der Waals surface area contributed by atoms with Gasteiger partial charge in [0.05, 0.1) is 6.04 Å². The molecule has 2 amide bonds. The molecular weight excluding hydrogens is 442 g/mol. The van der Waals surface area contributed by atoms with Gasteiger partial charge in [-0.3, -0.25) is 9.59 Å². The van der Waals surface area contributed by atoms with Crippen LogP contribution in [0.5, 0.6) is 0 Å². The van der Waals surface area contributed by atoms with Crippen LogP contribution in [-0.4, -0.2) is 64.1 Å². The number of hydrogen-bond acceptors (Lipinski definition) is 6. The molecule has 1 spiro atoms. The number of piperidine rings is 1. The number of halogens is 2. The number of aromatic nitrogens is 2. The maximum atomic E-state index is 13.8. The van der Waals surface area contributed by atoms with E-state index in [4.69, 9.17) is 0 Å². The quantitative estimate of drug-likeness (QED) is 0.689. The highest BCUT2D eigenvalue weighted by molar-refractivity contribution is 5.92. The molecule has 2 atom stereocenters. The van der Waals surface area contributed by atoms with Crippen LogP contribution in [-0.2, 0) is 4.79 Å². The van der Waals surface area contributed by atoms with Crippen molar-refractivity contribution in [1.29, 1.82) is 0 Å². The number of carbonyl (C=O) groups excluding carboxylic acids is 2. The van der Waals surface area contributed by atoms with Gasteiger partial charge in [0.25, 0.3) is 5.91 Å². The molecule has 2 fully saturated rings. The third-order valence-corrected chi connectivity index (χ3v) is 6.96. The van der Waals surface area contributed by atoms with Gasteiger partial charge in [0.1, 0.15) is 29.5 Å². The topological polar surface area (TPSA) is 82.0 Å². The van der Waals surface area contributed by atoms with Crippen molar-refractivity contribution in [2.24, 2.45) is 11.0 Å². The summed E-state index contributed by atoms with van der Waals surface area (Å²) in [6, 6.07) is 4.55. The number of carbonyl (C=O) groups is 2. The lowest BCUT2D eigenvalue weighted by atomic mass is 9.87. The molecule has 178 valence electrons. The maximum Gasteiger partial charge on any atom is 0.272 e. The average Bonchev–Trinajstić information content (AvgIpc) is 3.38. The molecule has 3 aliphatic rings. The molecule has 2 aliphatic heterocycles. The van der Waals surface area contributed by atoms with Crippen molar-refractivity contribution < 1.29 is 18.4 Å². The first-order chi connectivity index (χ1) is 16.3. The summed E-state index contributed by atoms with van der Waals surface area (Å²) >= 11 is 0. The standard InChI is InChI=1S/C24H26F2N6O2/c1-30(2)23(34)19-12-21(28-14-27-19)31-8-4-15(13-24(31)5-6-24)22(33)32-20(3-7-29-32)16-9-17(25)11-18(26)10-16/h7,9-12,14-15,20H,3-6,8,13H2,1-2H3. The number of amides is 2. The van der Waals surface area contributed by atoms with Gasteiger partial charge in [-0.25, -0.2) is 23.8 Å². The second-order valence-corrected chi connectivity index (χ2v) is 9.46. The molecule has 1 aliphatic carbocycles. The molecule has 1 saturated heterocycles. The Morgan fingerprint density at radius 2 is 1.82 bits per heavy atom. The Hall–Kier alpha value is -3.43. The minimum atomic E-state index is -0.670. The van der Waals surface area contributed by atoms with Crippen LogP contribution in [0.2, 0.25) is 0 Å². The van der Waals surface area contributed by atoms with Crippen LogP contribution >= 0.6 is 0 Å². The minimum absolute atomic E-state index is 0.125. The first kappa shape index (κ1) is 22.4. The molecule has 5 rings (SSSR count). The van der Waals surface area contributed by atoms with E-state index in [-0.39, 0.29) is 23.3 Å². The van der Waals surface area contributed by atoms with Gasteiger partial charge < -0.3 is 9.80 Å². The van der Waals surface area contributed by atoms with E-state index in [9.17, 15) is 18.4 Å². The third kappa shape index (κ3) is 4.01. The van der Waals surface area contributed by atoms with Crippen LogP contribution in [0.4, 0.5) is 14.6 Å². The average molecular weight is 469 g/mol. The Morgan fingerprint density at radius 1 is 1.09 bits per heavy atom. The predicted octanol–water partition coefficient (Wildman–Crippen LogP) is 3.17. The smallest absolute Gasteiger partial charge is 0.272 e. The zero-order valence-electron chi connectivity index (χ0n) is 19.1. The van der Waals surface area contributed by atoms with Gasteiger partial charge in [0.15, 0.2) is 0 Å². The Labute approximate surface area is 196 Å². The van der Waals surface area contributed by atoms with Crippen molar-refractivity contribution in [2.75, 3.05) is 25.5 Å². The van der Waals surface area contributed by atoms with Crippen LogP contribution in [0.3, 0.4) is 0 Å². The van der Waals surface area contributed by atoms with E-state index in [2.05, 4.69) is 20.0 Å². The fourth-order valence-corrected chi connectivity index (χ4v) is 5.08. The van der Waals surface area contributed by atoms with Crippen LogP contribution < -0.4 is 4.90 Å². The minimum Gasteiger partial charge on any atom is -0.351 e. The summed E-state index contributed by atoms with van der Waals surface area (Å²) in [4.78, 5) is 38.0. The largest absolute Gasteiger partial charge is 0.351 e. The Kier molecular flexibility index (Phi) is 5.53. The number of rotatable bonds is 4. The second kappa shape index (κ2) is 8.41.